The molecule has 0 aliphatic heterocycles. The minimum atomic E-state index is -0.337. The molecule has 1 amide bonds. The number of nitrogens with two attached hydrogens (primary N) is 1. The molecule has 1 fully saturated rings. The first-order valence-corrected chi connectivity index (χ1v) is 8.01. The Hall–Kier alpha value is -0.570. The van der Waals surface area contributed by atoms with Gasteiger partial charge in [0.05, 0.1) is 5.41 Å². The topological polar surface area (TPSA) is 46.3 Å². The Morgan fingerprint density at radius 1 is 1.16 bits per heavy atom. The zero-order valence-electron chi connectivity index (χ0n) is 13.2. The van der Waals surface area contributed by atoms with E-state index in [0.717, 1.165) is 31.6 Å². The standard InChI is InChI=1S/C16H32N2O/c1-5-13-8-10-14(11-9-13)18(4)15(19)16(6-2,7-3)12-17/h13-14H,5-12,17H2,1-4H3. The van der Waals surface area contributed by atoms with Crippen molar-refractivity contribution in [2.75, 3.05) is 13.6 Å². The second kappa shape index (κ2) is 7.28. The molecule has 1 saturated carbocycles. The lowest BCUT2D eigenvalue weighted by Crippen LogP contribution is -2.50. The van der Waals surface area contributed by atoms with Gasteiger partial charge in [0.25, 0.3) is 0 Å². The second-order valence-electron chi connectivity index (χ2n) is 6.19. The molecule has 1 aliphatic carbocycles. The molecule has 0 spiro atoms. The first-order chi connectivity index (χ1) is 9.04. The van der Waals surface area contributed by atoms with Gasteiger partial charge in [0, 0.05) is 19.6 Å². The number of hydrogen-bond acceptors (Lipinski definition) is 2. The minimum Gasteiger partial charge on any atom is -0.342 e. The molecule has 2 N–H and O–H groups in total. The van der Waals surface area contributed by atoms with Gasteiger partial charge in [-0.05, 0) is 44.4 Å². The van der Waals surface area contributed by atoms with Crippen molar-refractivity contribution >= 4 is 5.91 Å². The Labute approximate surface area is 118 Å². The van der Waals surface area contributed by atoms with Crippen molar-refractivity contribution in [3.63, 3.8) is 0 Å². The van der Waals surface area contributed by atoms with Gasteiger partial charge in [-0.15, -0.1) is 0 Å². The maximum atomic E-state index is 12.8. The van der Waals surface area contributed by atoms with Gasteiger partial charge < -0.3 is 10.6 Å². The fourth-order valence-corrected chi connectivity index (χ4v) is 3.41. The molecule has 0 heterocycles. The van der Waals surface area contributed by atoms with Crippen molar-refractivity contribution < 1.29 is 4.79 Å². The average Bonchev–Trinajstić information content (AvgIpc) is 2.48. The normalized spacial score (nSPS) is 24.3. The van der Waals surface area contributed by atoms with Gasteiger partial charge in [-0.2, -0.15) is 0 Å². The number of carbonyl (C=O) groups excluding carboxylic acids is 1. The van der Waals surface area contributed by atoms with E-state index in [2.05, 4.69) is 20.8 Å². The molecule has 3 heteroatoms. The van der Waals surface area contributed by atoms with E-state index in [1.54, 1.807) is 0 Å². The number of amides is 1. The summed E-state index contributed by atoms with van der Waals surface area (Å²) in [6.45, 7) is 6.90. The monoisotopic (exact) mass is 268 g/mol. The van der Waals surface area contributed by atoms with Gasteiger partial charge in [0.2, 0.25) is 5.91 Å². The van der Waals surface area contributed by atoms with Crippen LogP contribution in [0.4, 0.5) is 0 Å². The second-order valence-corrected chi connectivity index (χ2v) is 6.19. The van der Waals surface area contributed by atoms with Crippen LogP contribution in [0.3, 0.4) is 0 Å². The van der Waals surface area contributed by atoms with E-state index >= 15 is 0 Å². The Bertz CT molecular complexity index is 270. The number of nitrogens with zero attached hydrogens (tertiary/aromatic N) is 1. The summed E-state index contributed by atoms with van der Waals surface area (Å²) in [6.07, 6.45) is 7.82. The predicted molar refractivity (Wildman–Crippen MR) is 80.9 cm³/mol. The molecule has 0 aromatic heterocycles. The Morgan fingerprint density at radius 2 is 1.68 bits per heavy atom. The van der Waals surface area contributed by atoms with Crippen LogP contribution in [0.15, 0.2) is 0 Å². The molecule has 0 aromatic carbocycles. The van der Waals surface area contributed by atoms with Crippen LogP contribution in [0.1, 0.15) is 65.7 Å². The van der Waals surface area contributed by atoms with E-state index in [1.165, 1.54) is 19.3 Å². The lowest BCUT2D eigenvalue weighted by Gasteiger charge is -2.40. The molecule has 0 saturated heterocycles. The van der Waals surface area contributed by atoms with Crippen molar-refractivity contribution in [1.82, 2.24) is 4.90 Å². The molecule has 0 aromatic rings. The van der Waals surface area contributed by atoms with E-state index in [-0.39, 0.29) is 11.3 Å². The van der Waals surface area contributed by atoms with Gasteiger partial charge in [0.1, 0.15) is 0 Å². The van der Waals surface area contributed by atoms with Crippen molar-refractivity contribution in [1.29, 1.82) is 0 Å². The van der Waals surface area contributed by atoms with Crippen LogP contribution in [0, 0.1) is 11.3 Å². The summed E-state index contributed by atoms with van der Waals surface area (Å²) in [5.41, 5.74) is 5.56. The zero-order chi connectivity index (χ0) is 14.5. The lowest BCUT2D eigenvalue weighted by molar-refractivity contribution is -0.143. The first-order valence-electron chi connectivity index (χ1n) is 8.01. The van der Waals surface area contributed by atoms with Crippen molar-refractivity contribution in [3.05, 3.63) is 0 Å². The summed E-state index contributed by atoms with van der Waals surface area (Å²) in [7, 11) is 1.98. The van der Waals surface area contributed by atoms with E-state index in [4.69, 9.17) is 5.73 Å². The number of hydrogen-bond donors (Lipinski definition) is 1. The molecule has 1 rings (SSSR count). The number of carbonyl (C=O) groups is 1. The predicted octanol–water partition coefficient (Wildman–Crippen LogP) is 3.18. The maximum Gasteiger partial charge on any atom is 0.230 e. The van der Waals surface area contributed by atoms with E-state index in [9.17, 15) is 4.79 Å². The highest BCUT2D eigenvalue weighted by atomic mass is 16.2. The fourth-order valence-electron chi connectivity index (χ4n) is 3.41. The van der Waals surface area contributed by atoms with Gasteiger partial charge in [-0.3, -0.25) is 4.79 Å². The molecular weight excluding hydrogens is 236 g/mol. The van der Waals surface area contributed by atoms with E-state index < -0.39 is 0 Å². The maximum absolute atomic E-state index is 12.8. The highest BCUT2D eigenvalue weighted by molar-refractivity contribution is 5.83. The third-order valence-corrected chi connectivity index (χ3v) is 5.46. The molecule has 19 heavy (non-hydrogen) atoms. The molecule has 0 unspecified atom stereocenters. The van der Waals surface area contributed by atoms with Crippen LogP contribution in [-0.4, -0.2) is 30.4 Å². The molecule has 112 valence electrons. The summed E-state index contributed by atoms with van der Waals surface area (Å²) in [5, 5.41) is 0. The molecule has 0 bridgehead atoms. The fraction of sp³-hybridized carbons (Fsp3) is 0.938. The summed E-state index contributed by atoms with van der Waals surface area (Å²) < 4.78 is 0. The largest absolute Gasteiger partial charge is 0.342 e. The molecule has 1 aliphatic rings. The van der Waals surface area contributed by atoms with E-state index in [0.29, 0.717) is 12.6 Å². The highest BCUT2D eigenvalue weighted by Gasteiger charge is 2.38. The van der Waals surface area contributed by atoms with Gasteiger partial charge >= 0.3 is 0 Å². The molecule has 0 radical (unpaired) electrons. The Balaban J connectivity index is 2.66. The van der Waals surface area contributed by atoms with Crippen LogP contribution in [0.25, 0.3) is 0 Å². The quantitative estimate of drug-likeness (QED) is 0.804. The van der Waals surface area contributed by atoms with Crippen LogP contribution in [0.5, 0.6) is 0 Å². The first kappa shape index (κ1) is 16.5. The molecule has 0 atom stereocenters. The molecule has 3 nitrogen and oxygen atoms in total. The van der Waals surface area contributed by atoms with Crippen molar-refractivity contribution in [2.24, 2.45) is 17.1 Å². The van der Waals surface area contributed by atoms with Crippen molar-refractivity contribution in [2.45, 2.75) is 71.8 Å². The minimum absolute atomic E-state index is 0.264. The van der Waals surface area contributed by atoms with Crippen LogP contribution in [-0.2, 0) is 4.79 Å². The summed E-state index contributed by atoms with van der Waals surface area (Å²) in [5.74, 6) is 1.14. The molecular formula is C16H32N2O. The summed E-state index contributed by atoms with van der Waals surface area (Å²) in [4.78, 5) is 14.8. The van der Waals surface area contributed by atoms with Crippen LogP contribution >= 0.6 is 0 Å². The van der Waals surface area contributed by atoms with Gasteiger partial charge in [0.15, 0.2) is 0 Å². The van der Waals surface area contributed by atoms with Crippen molar-refractivity contribution in [3.8, 4) is 0 Å². The lowest BCUT2D eigenvalue weighted by atomic mass is 9.79. The van der Waals surface area contributed by atoms with Crippen LogP contribution < -0.4 is 5.73 Å². The number of rotatable bonds is 6. The summed E-state index contributed by atoms with van der Waals surface area (Å²) in [6, 6.07) is 0.430. The van der Waals surface area contributed by atoms with Gasteiger partial charge in [-0.1, -0.05) is 27.2 Å². The smallest absolute Gasteiger partial charge is 0.230 e. The Kier molecular flexibility index (Phi) is 6.31. The zero-order valence-corrected chi connectivity index (χ0v) is 13.2. The Morgan fingerprint density at radius 3 is 2.05 bits per heavy atom. The summed E-state index contributed by atoms with van der Waals surface area (Å²) >= 11 is 0. The van der Waals surface area contributed by atoms with Gasteiger partial charge in [-0.25, -0.2) is 0 Å². The highest BCUT2D eigenvalue weighted by Crippen LogP contribution is 2.33. The average molecular weight is 268 g/mol. The van der Waals surface area contributed by atoms with Crippen LogP contribution in [0.2, 0.25) is 0 Å². The third kappa shape index (κ3) is 3.50. The van der Waals surface area contributed by atoms with E-state index in [1.807, 2.05) is 11.9 Å². The SMILES string of the molecule is CCC1CCC(N(C)C(=O)C(CC)(CC)CN)CC1. The third-order valence-electron chi connectivity index (χ3n) is 5.46.